The van der Waals surface area contributed by atoms with E-state index in [1.54, 1.807) is 11.3 Å². The summed E-state index contributed by atoms with van der Waals surface area (Å²) in [5.74, 6) is 0. The Labute approximate surface area is 249 Å². The Morgan fingerprint density at radius 2 is 1.75 bits per heavy atom. The molecule has 0 radical (unpaired) electrons. The van der Waals surface area contributed by atoms with Crippen LogP contribution in [0.15, 0.2) is 90.8 Å². The summed E-state index contributed by atoms with van der Waals surface area (Å²) in [7, 11) is 4.08. The smallest absolute Gasteiger partial charge is 0.129 e. The van der Waals surface area contributed by atoms with Gasteiger partial charge < -0.3 is 19.4 Å². The standard InChI is InChI=1S/C32H22N6S.Pt/c1-36-17-24(31-32(36)37(2)18-33-31)21-13-14-26-28(16-21)38(27-11-4-3-10-25(27)35-26)22-8-5-7-20(15-22)23-9-6-12-29-30(23)34-19-39-29;/h3-14,17-19,35H,1-2H3;/q-2;. The monoisotopic (exact) mass is 717 g/mol. The van der Waals surface area contributed by atoms with E-state index in [0.29, 0.717) is 0 Å². The van der Waals surface area contributed by atoms with Crippen molar-refractivity contribution in [3.05, 3.63) is 103 Å². The Morgan fingerprint density at radius 3 is 2.67 bits per heavy atom. The molecule has 6 nitrogen and oxygen atoms in total. The van der Waals surface area contributed by atoms with Gasteiger partial charge >= 0.3 is 0 Å². The van der Waals surface area contributed by atoms with Crippen molar-refractivity contribution in [1.82, 2.24) is 14.5 Å². The molecular formula is C32H22N6PtS-2. The second kappa shape index (κ2) is 9.47. The minimum absolute atomic E-state index is 0. The van der Waals surface area contributed by atoms with Gasteiger partial charge in [-0.1, -0.05) is 35.4 Å². The predicted octanol–water partition coefficient (Wildman–Crippen LogP) is 7.03. The molecule has 0 atom stereocenters. The molecule has 0 spiro atoms. The number of hydrogen-bond donors (Lipinski definition) is 1. The molecule has 8 heteroatoms. The van der Waals surface area contributed by atoms with Gasteiger partial charge in [-0.3, -0.25) is 4.98 Å². The molecule has 4 aromatic carbocycles. The van der Waals surface area contributed by atoms with Gasteiger partial charge in [-0.25, -0.2) is 4.98 Å². The van der Waals surface area contributed by atoms with E-state index in [2.05, 4.69) is 123 Å². The van der Waals surface area contributed by atoms with Crippen LogP contribution in [0.5, 0.6) is 0 Å². The number of hydrogen-bond acceptors (Lipinski definition) is 4. The zero-order valence-electron chi connectivity index (χ0n) is 21.6. The van der Waals surface area contributed by atoms with E-state index in [9.17, 15) is 0 Å². The number of benzene rings is 4. The summed E-state index contributed by atoms with van der Waals surface area (Å²) in [4.78, 5) is 11.6. The third kappa shape index (κ3) is 3.73. The van der Waals surface area contributed by atoms with E-state index in [1.165, 1.54) is 4.70 Å². The van der Waals surface area contributed by atoms with E-state index in [1.807, 2.05) is 23.5 Å². The number of nitrogens with one attached hydrogen (secondary N) is 1. The van der Waals surface area contributed by atoms with Gasteiger partial charge in [0.25, 0.3) is 0 Å². The Balaban J connectivity index is 0.00000264. The molecule has 1 aliphatic rings. The number of rotatable bonds is 3. The summed E-state index contributed by atoms with van der Waals surface area (Å²) in [5.41, 5.74) is 14.1. The summed E-state index contributed by atoms with van der Waals surface area (Å²) in [6.45, 7) is 0. The van der Waals surface area contributed by atoms with Gasteiger partial charge in [0.15, 0.2) is 0 Å². The Bertz CT molecular complexity index is 2050. The van der Waals surface area contributed by atoms with E-state index in [4.69, 9.17) is 0 Å². The van der Waals surface area contributed by atoms with Gasteiger partial charge in [-0.15, -0.1) is 64.9 Å². The average molecular weight is 718 g/mol. The molecule has 3 aromatic heterocycles. The maximum atomic E-state index is 4.69. The molecule has 1 aliphatic heterocycles. The predicted molar refractivity (Wildman–Crippen MR) is 157 cm³/mol. The van der Waals surface area contributed by atoms with Crippen LogP contribution in [0, 0.1) is 12.1 Å². The zero-order valence-corrected chi connectivity index (χ0v) is 24.7. The van der Waals surface area contributed by atoms with Crippen LogP contribution in [0.2, 0.25) is 0 Å². The molecule has 4 heterocycles. The van der Waals surface area contributed by atoms with E-state index >= 15 is 0 Å². The molecule has 0 fully saturated rings. The number of nitrogens with zero attached hydrogens (tertiary/aromatic N) is 5. The van der Waals surface area contributed by atoms with Crippen LogP contribution < -0.4 is 19.8 Å². The van der Waals surface area contributed by atoms with E-state index < -0.39 is 0 Å². The van der Waals surface area contributed by atoms with Gasteiger partial charge in [0.2, 0.25) is 0 Å². The molecule has 198 valence electrons. The van der Waals surface area contributed by atoms with Gasteiger partial charge in [0, 0.05) is 45.4 Å². The van der Waals surface area contributed by atoms with E-state index in [0.717, 1.165) is 67.4 Å². The SMILES string of the molecule is Cn1cc(-c2[c-]c3c(cc2)Nc2ccccc2N3c2[c-]c(-c3cccc4scnc34)ccc2)c2[n-]c[n+](C)c21.[Pt]. The van der Waals surface area contributed by atoms with Crippen molar-refractivity contribution in [3.63, 3.8) is 0 Å². The van der Waals surface area contributed by atoms with Gasteiger partial charge in [0.05, 0.1) is 28.7 Å². The molecule has 8 rings (SSSR count). The second-order valence-electron chi connectivity index (χ2n) is 9.75. The van der Waals surface area contributed by atoms with E-state index in [-0.39, 0.29) is 21.1 Å². The third-order valence-corrected chi connectivity index (χ3v) is 8.14. The average Bonchev–Trinajstić information content (AvgIpc) is 3.69. The summed E-state index contributed by atoms with van der Waals surface area (Å²) in [6, 6.07) is 32.7. The number of fused-ring (bicyclic) bond motifs is 4. The van der Waals surface area contributed by atoms with Gasteiger partial charge in [0.1, 0.15) is 5.65 Å². The van der Waals surface area contributed by atoms with Crippen LogP contribution in [0.25, 0.3) is 43.6 Å². The number of aromatic nitrogens is 4. The normalized spacial score (nSPS) is 12.2. The summed E-state index contributed by atoms with van der Waals surface area (Å²) in [6.07, 6.45) is 3.99. The quantitative estimate of drug-likeness (QED) is 0.158. The minimum Gasteiger partial charge on any atom is -0.392 e. The van der Waals surface area contributed by atoms with Gasteiger partial charge in [-0.05, 0) is 41.5 Å². The molecule has 0 amide bonds. The van der Waals surface area contributed by atoms with Crippen molar-refractivity contribution < 1.29 is 25.6 Å². The molecule has 0 saturated carbocycles. The largest absolute Gasteiger partial charge is 0.392 e. The third-order valence-electron chi connectivity index (χ3n) is 7.34. The van der Waals surface area contributed by atoms with Crippen LogP contribution in [0.1, 0.15) is 0 Å². The topological polar surface area (TPSA) is 51.1 Å². The summed E-state index contributed by atoms with van der Waals surface area (Å²) < 4.78 is 5.34. The first-order valence-corrected chi connectivity index (χ1v) is 13.6. The number of aryl methyl sites for hydroxylation is 2. The van der Waals surface area contributed by atoms with Crippen molar-refractivity contribution in [2.45, 2.75) is 0 Å². The molecule has 40 heavy (non-hydrogen) atoms. The maximum absolute atomic E-state index is 4.69. The Hall–Kier alpha value is -4.19. The fourth-order valence-corrected chi connectivity index (χ4v) is 6.30. The molecule has 0 unspecified atom stereocenters. The number of anilines is 5. The number of imidazole rings is 1. The van der Waals surface area contributed by atoms with Crippen molar-refractivity contribution >= 4 is 61.2 Å². The van der Waals surface area contributed by atoms with Crippen LogP contribution in [-0.2, 0) is 35.2 Å². The van der Waals surface area contributed by atoms with Crippen LogP contribution in [-0.4, -0.2) is 9.55 Å². The van der Waals surface area contributed by atoms with Crippen molar-refractivity contribution in [3.8, 4) is 22.3 Å². The molecule has 0 bridgehead atoms. The first-order valence-electron chi connectivity index (χ1n) is 12.7. The second-order valence-corrected chi connectivity index (χ2v) is 10.6. The molecule has 0 saturated heterocycles. The fourth-order valence-electron chi connectivity index (χ4n) is 5.60. The van der Waals surface area contributed by atoms with Crippen LogP contribution in [0.3, 0.4) is 0 Å². The van der Waals surface area contributed by atoms with Crippen molar-refractivity contribution in [2.24, 2.45) is 14.1 Å². The molecule has 1 N–H and O–H groups in total. The van der Waals surface area contributed by atoms with Crippen LogP contribution in [0.4, 0.5) is 28.4 Å². The first kappa shape index (κ1) is 24.8. The maximum Gasteiger partial charge on any atom is 0.129 e. The fraction of sp³-hybridized carbons (Fsp3) is 0.0625. The number of thiazole rings is 1. The summed E-state index contributed by atoms with van der Waals surface area (Å²) >= 11 is 1.66. The van der Waals surface area contributed by atoms with Crippen LogP contribution >= 0.6 is 11.3 Å². The van der Waals surface area contributed by atoms with Crippen molar-refractivity contribution in [2.75, 3.05) is 10.2 Å². The Kier molecular flexibility index (Phi) is 5.88. The zero-order chi connectivity index (χ0) is 26.1. The van der Waals surface area contributed by atoms with Gasteiger partial charge in [-0.2, -0.15) is 0 Å². The minimum atomic E-state index is 0. The molecule has 7 aromatic rings. The Morgan fingerprint density at radius 1 is 0.900 bits per heavy atom. The molecule has 0 aliphatic carbocycles. The summed E-state index contributed by atoms with van der Waals surface area (Å²) in [5, 5.41) is 3.61. The first-order chi connectivity index (χ1) is 19.2. The molecular weight excluding hydrogens is 696 g/mol. The van der Waals surface area contributed by atoms with Crippen molar-refractivity contribution in [1.29, 1.82) is 0 Å². The number of para-hydroxylation sites is 3.